The Hall–Kier alpha value is 2.16. The maximum Gasteiger partial charge on any atom is 0.314 e. The number of hydrogen-bond acceptors (Lipinski definition) is 11. The summed E-state index contributed by atoms with van der Waals surface area (Å²) in [5.41, 5.74) is 0. The zero-order valence-corrected chi connectivity index (χ0v) is 47.5. The molecule has 0 spiro atoms. The van der Waals surface area contributed by atoms with Crippen molar-refractivity contribution in [2.75, 3.05) is 0 Å². The highest BCUT2D eigenvalue weighted by atomic mass is 28.5. The minimum Gasteiger partial charge on any atom is -0.437 e. The molecular formula is C25H75O11Si12. The van der Waals surface area contributed by atoms with Crippen LogP contribution in [-0.2, 0) is 45.3 Å². The van der Waals surface area contributed by atoms with E-state index in [9.17, 15) is 0 Å². The van der Waals surface area contributed by atoms with E-state index in [1.807, 2.05) is 0 Å². The van der Waals surface area contributed by atoms with Crippen molar-refractivity contribution in [1.82, 2.24) is 0 Å². The fourth-order valence-electron chi connectivity index (χ4n) is 6.76. The van der Waals surface area contributed by atoms with Crippen molar-refractivity contribution in [1.29, 1.82) is 0 Å². The highest BCUT2D eigenvalue weighted by Gasteiger charge is 2.51. The summed E-state index contributed by atoms with van der Waals surface area (Å²) in [4.78, 5) is 0. The molecule has 0 bridgehead atoms. The predicted molar refractivity (Wildman–Crippen MR) is 228 cm³/mol. The molecule has 0 fully saturated rings. The summed E-state index contributed by atoms with van der Waals surface area (Å²) in [6.07, 6.45) is 0. The molecule has 0 rings (SSSR count). The normalized spacial score (nSPS) is 15.9. The molecule has 0 aliphatic rings. The van der Waals surface area contributed by atoms with Crippen LogP contribution in [0.15, 0.2) is 0 Å². The monoisotopic (exact) mass is 887 g/mol. The third kappa shape index (κ3) is 23.7. The van der Waals surface area contributed by atoms with E-state index in [0.29, 0.717) is 0 Å². The van der Waals surface area contributed by atoms with Gasteiger partial charge in [0.25, 0.3) is 0 Å². The Kier molecular flexibility index (Phi) is 17.7. The zero-order chi connectivity index (χ0) is 38.9. The molecule has 0 aromatic carbocycles. The van der Waals surface area contributed by atoms with Gasteiger partial charge in [-0.2, -0.15) is 0 Å². The maximum atomic E-state index is 6.79. The lowest BCUT2D eigenvalue weighted by Crippen LogP contribution is -2.62. The molecular weight excluding hydrogens is 813 g/mol. The number of hydrogen-bond donors (Lipinski definition) is 0. The quantitative estimate of drug-likeness (QED) is 0.0973. The maximum absolute atomic E-state index is 6.79. The average Bonchev–Trinajstić information content (AvgIpc) is 2.53. The topological polar surface area (TPSA) is 102 Å². The summed E-state index contributed by atoms with van der Waals surface area (Å²) in [5.74, 6) is 0. The highest BCUT2D eigenvalue weighted by molar-refractivity contribution is 6.93. The number of rotatable bonds is 22. The van der Waals surface area contributed by atoms with E-state index < -0.39 is 103 Å². The van der Waals surface area contributed by atoms with Gasteiger partial charge in [-0.05, 0) is 164 Å². The molecule has 0 heterocycles. The van der Waals surface area contributed by atoms with E-state index in [1.165, 1.54) is 0 Å². The summed E-state index contributed by atoms with van der Waals surface area (Å²) in [5, 5.41) is 0. The molecule has 0 aromatic heterocycles. The first-order chi connectivity index (χ1) is 20.5. The molecule has 1 radical (unpaired) electrons. The minimum absolute atomic E-state index is 0.870. The molecule has 0 N–H and O–H groups in total. The fraction of sp³-hybridized carbons (Fsp3) is 1.00. The van der Waals surface area contributed by atoms with Gasteiger partial charge in [-0.1, -0.05) is 0 Å². The second-order valence-corrected chi connectivity index (χ2v) is 61.2. The molecule has 0 saturated heterocycles. The van der Waals surface area contributed by atoms with Crippen LogP contribution in [0.5, 0.6) is 0 Å². The van der Waals surface area contributed by atoms with Gasteiger partial charge in [0.2, 0.25) is 0 Å². The van der Waals surface area contributed by atoms with E-state index in [2.05, 4.69) is 164 Å². The van der Waals surface area contributed by atoms with E-state index in [1.54, 1.807) is 0 Å². The Labute approximate surface area is 310 Å². The summed E-state index contributed by atoms with van der Waals surface area (Å²) < 4.78 is 73.0. The van der Waals surface area contributed by atoms with E-state index >= 15 is 0 Å². The molecule has 11 nitrogen and oxygen atoms in total. The predicted octanol–water partition coefficient (Wildman–Crippen LogP) is 9.27. The van der Waals surface area contributed by atoms with Crippen molar-refractivity contribution < 1.29 is 45.3 Å². The lowest BCUT2D eigenvalue weighted by atomic mass is 11.8. The van der Waals surface area contributed by atoms with E-state index in [-0.39, 0.29) is 0 Å². The molecule has 0 aromatic rings. The molecule has 0 saturated carbocycles. The van der Waals surface area contributed by atoms with Crippen molar-refractivity contribution >= 4 is 103 Å². The van der Waals surface area contributed by atoms with Gasteiger partial charge < -0.3 is 45.3 Å². The van der Waals surface area contributed by atoms with Crippen molar-refractivity contribution in [2.24, 2.45) is 0 Å². The van der Waals surface area contributed by atoms with Gasteiger partial charge in [0.1, 0.15) is 0 Å². The second kappa shape index (κ2) is 16.9. The smallest absolute Gasteiger partial charge is 0.314 e. The van der Waals surface area contributed by atoms with E-state index in [0.717, 1.165) is 0 Å². The van der Waals surface area contributed by atoms with Crippen LogP contribution in [0, 0.1) is 0 Å². The molecule has 0 unspecified atom stereocenters. The van der Waals surface area contributed by atoms with Gasteiger partial charge in [0, 0.05) is 0 Å². The van der Waals surface area contributed by atoms with Gasteiger partial charge in [-0.3, -0.25) is 0 Å². The molecule has 0 atom stereocenters. The first-order valence-corrected chi connectivity index (χ1v) is 51.0. The van der Waals surface area contributed by atoms with Crippen LogP contribution in [0.2, 0.25) is 164 Å². The summed E-state index contributed by atoms with van der Waals surface area (Å²) >= 11 is 0. The standard InChI is InChI=1S/C25H75O11Si12/c1-37(2)26-39(6,7)28-41(10,11)30-43(14,15)32-45(18,19)34-47(22,23)36-48(24,25)35-46(20,21)33-44(16,17)31-42(12,13)29-40(8,9)27-38(3,4)5/h1-25H3. The van der Waals surface area contributed by atoms with Gasteiger partial charge in [0.05, 0.1) is 0 Å². The summed E-state index contributed by atoms with van der Waals surface area (Å²) in [7, 11) is -28.3. The van der Waals surface area contributed by atoms with Gasteiger partial charge >= 0.3 is 85.6 Å². The second-order valence-electron chi connectivity index (χ2n) is 18.1. The highest BCUT2D eigenvalue weighted by Crippen LogP contribution is 2.31. The summed E-state index contributed by atoms with van der Waals surface area (Å²) in [6.45, 7) is 52.4. The van der Waals surface area contributed by atoms with Crippen LogP contribution in [0.4, 0.5) is 0 Å². The molecule has 0 aliphatic carbocycles. The van der Waals surface area contributed by atoms with Crippen LogP contribution in [0.3, 0.4) is 0 Å². The van der Waals surface area contributed by atoms with E-state index in [4.69, 9.17) is 45.3 Å². The van der Waals surface area contributed by atoms with Crippen molar-refractivity contribution in [2.45, 2.75) is 164 Å². The van der Waals surface area contributed by atoms with Crippen LogP contribution in [0.1, 0.15) is 0 Å². The largest absolute Gasteiger partial charge is 0.437 e. The lowest BCUT2D eigenvalue weighted by Gasteiger charge is -2.44. The summed E-state index contributed by atoms with van der Waals surface area (Å²) in [6, 6.07) is 0. The van der Waals surface area contributed by atoms with Crippen molar-refractivity contribution in [3.63, 3.8) is 0 Å². The molecule has 48 heavy (non-hydrogen) atoms. The molecule has 0 amide bonds. The first kappa shape index (κ1) is 50.2. The van der Waals surface area contributed by atoms with Crippen LogP contribution in [0.25, 0.3) is 0 Å². The average molecular weight is 889 g/mol. The van der Waals surface area contributed by atoms with Crippen LogP contribution < -0.4 is 0 Å². The molecule has 23 heteroatoms. The minimum atomic E-state index is -2.70. The Morgan fingerprint density at radius 2 is 0.375 bits per heavy atom. The Morgan fingerprint density at radius 1 is 0.229 bits per heavy atom. The third-order valence-electron chi connectivity index (χ3n) is 5.43. The van der Waals surface area contributed by atoms with Gasteiger partial charge in [-0.25, -0.2) is 0 Å². The van der Waals surface area contributed by atoms with Crippen molar-refractivity contribution in [3.05, 3.63) is 0 Å². The lowest BCUT2D eigenvalue weighted by molar-refractivity contribution is 0.254. The molecule has 289 valence electrons. The molecule has 0 aliphatic heterocycles. The van der Waals surface area contributed by atoms with Gasteiger partial charge in [-0.15, -0.1) is 0 Å². The van der Waals surface area contributed by atoms with Crippen LogP contribution in [-0.4, -0.2) is 103 Å². The van der Waals surface area contributed by atoms with Crippen LogP contribution >= 0.6 is 0 Å². The zero-order valence-electron chi connectivity index (χ0n) is 35.5. The Bertz CT molecular complexity index is 1030. The third-order valence-corrected chi connectivity index (χ3v) is 48.8. The SMILES string of the molecule is C[Si](C)O[Si](C)(C)O[Si](C)(C)O[Si](C)(C)O[Si](C)(C)O[Si](C)(C)O[Si](C)(C)O[Si](C)(C)O[Si](C)(C)O[Si](C)(C)O[Si](C)(C)O[Si](C)(C)C. The fourth-order valence-corrected chi connectivity index (χ4v) is 64.6. The Morgan fingerprint density at radius 3 is 0.521 bits per heavy atom. The first-order valence-electron chi connectivity index (χ1n) is 17.0. The Balaban J connectivity index is 5.53. The van der Waals surface area contributed by atoms with Crippen molar-refractivity contribution in [3.8, 4) is 0 Å². The van der Waals surface area contributed by atoms with Gasteiger partial charge in [0.15, 0.2) is 17.4 Å².